The molecule has 2 N–H and O–H groups in total. The van der Waals surface area contributed by atoms with Gasteiger partial charge in [0, 0.05) is 0 Å². The summed E-state index contributed by atoms with van der Waals surface area (Å²) >= 11 is 23.3. The van der Waals surface area contributed by atoms with Gasteiger partial charge in [-0.2, -0.15) is 4.98 Å². The Morgan fingerprint density at radius 3 is 2.14 bits per heavy atom. The first kappa shape index (κ1) is 10.2. The third-order valence-corrected chi connectivity index (χ3v) is 3.40. The highest BCUT2D eigenvalue weighted by molar-refractivity contribution is 6.54. The molecule has 0 bridgehead atoms. The van der Waals surface area contributed by atoms with Crippen molar-refractivity contribution in [2.45, 2.75) is 0 Å². The van der Waals surface area contributed by atoms with Crippen molar-refractivity contribution < 1.29 is 4.42 Å². The van der Waals surface area contributed by atoms with Gasteiger partial charge >= 0.3 is 0 Å². The van der Waals surface area contributed by atoms with Crippen molar-refractivity contribution in [3.05, 3.63) is 20.1 Å². The lowest BCUT2D eigenvalue weighted by atomic mass is 10.3. The van der Waals surface area contributed by atoms with E-state index < -0.39 is 0 Å². The lowest BCUT2D eigenvalue weighted by Gasteiger charge is -2.01. The van der Waals surface area contributed by atoms with E-state index in [1.165, 1.54) is 0 Å². The molecule has 0 amide bonds. The zero-order valence-corrected chi connectivity index (χ0v) is 9.47. The van der Waals surface area contributed by atoms with Gasteiger partial charge in [0.15, 0.2) is 5.58 Å². The second-order valence-corrected chi connectivity index (χ2v) is 4.00. The predicted molar refractivity (Wildman–Crippen MR) is 58.5 cm³/mol. The number of aromatic nitrogens is 1. The summed E-state index contributed by atoms with van der Waals surface area (Å²) in [6, 6.07) is -0.0397. The molecule has 0 fully saturated rings. The number of fused-ring (bicyclic) bond motifs is 1. The van der Waals surface area contributed by atoms with Gasteiger partial charge in [0.1, 0.15) is 10.5 Å². The van der Waals surface area contributed by atoms with Crippen LogP contribution < -0.4 is 5.73 Å². The van der Waals surface area contributed by atoms with E-state index in [1.807, 2.05) is 0 Å². The highest BCUT2D eigenvalue weighted by Gasteiger charge is 2.19. The first-order valence-electron chi connectivity index (χ1n) is 3.40. The Hall–Kier alpha value is -0.350. The summed E-state index contributed by atoms with van der Waals surface area (Å²) in [5.41, 5.74) is 5.90. The smallest absolute Gasteiger partial charge is 0.293 e. The van der Waals surface area contributed by atoms with Crippen LogP contribution >= 0.6 is 46.4 Å². The fraction of sp³-hybridized carbons (Fsp3) is 0. The van der Waals surface area contributed by atoms with E-state index in [0.717, 1.165) is 0 Å². The number of rotatable bonds is 0. The van der Waals surface area contributed by atoms with E-state index in [9.17, 15) is 0 Å². The van der Waals surface area contributed by atoms with Gasteiger partial charge in [0.25, 0.3) is 6.01 Å². The third-order valence-electron chi connectivity index (χ3n) is 1.63. The van der Waals surface area contributed by atoms with E-state index in [2.05, 4.69) is 4.98 Å². The highest BCUT2D eigenvalue weighted by atomic mass is 35.5. The molecule has 0 aliphatic carbocycles. The van der Waals surface area contributed by atoms with Crippen LogP contribution in [0.25, 0.3) is 11.1 Å². The largest absolute Gasteiger partial charge is 0.422 e. The van der Waals surface area contributed by atoms with Crippen molar-refractivity contribution in [1.82, 2.24) is 4.98 Å². The Morgan fingerprint density at radius 2 is 1.50 bits per heavy atom. The fourth-order valence-corrected chi connectivity index (χ4v) is 1.94. The van der Waals surface area contributed by atoms with Crippen molar-refractivity contribution in [2.75, 3.05) is 5.73 Å². The number of halogens is 4. The van der Waals surface area contributed by atoms with Crippen molar-refractivity contribution in [3.63, 3.8) is 0 Å². The monoisotopic (exact) mass is 270 g/mol. The lowest BCUT2D eigenvalue weighted by Crippen LogP contribution is -1.81. The summed E-state index contributed by atoms with van der Waals surface area (Å²) in [6.07, 6.45) is 0. The van der Waals surface area contributed by atoms with Crippen LogP contribution in [0, 0.1) is 0 Å². The SMILES string of the molecule is Nc1nc2c(Cl)c(Cl)c(Cl)c(Cl)c2o1. The average molecular weight is 272 g/mol. The molecule has 14 heavy (non-hydrogen) atoms. The highest BCUT2D eigenvalue weighted by Crippen LogP contribution is 2.43. The van der Waals surface area contributed by atoms with Gasteiger partial charge < -0.3 is 10.2 Å². The van der Waals surface area contributed by atoms with Gasteiger partial charge in [-0.3, -0.25) is 0 Å². The molecule has 2 rings (SSSR count). The van der Waals surface area contributed by atoms with Crippen LogP contribution in [0.2, 0.25) is 20.1 Å². The summed E-state index contributed by atoms with van der Waals surface area (Å²) in [6.45, 7) is 0. The number of oxazole rings is 1. The van der Waals surface area contributed by atoms with Crippen LogP contribution in [0.15, 0.2) is 4.42 Å². The Bertz CT molecular complexity index is 477. The molecule has 3 nitrogen and oxygen atoms in total. The van der Waals surface area contributed by atoms with Crippen LogP contribution in [-0.4, -0.2) is 4.98 Å². The first-order valence-corrected chi connectivity index (χ1v) is 4.91. The number of benzene rings is 1. The second-order valence-electron chi connectivity index (χ2n) is 2.49. The van der Waals surface area contributed by atoms with Gasteiger partial charge in [-0.05, 0) is 0 Å². The molecule has 0 saturated heterocycles. The predicted octanol–water partition coefficient (Wildman–Crippen LogP) is 4.02. The minimum atomic E-state index is -0.0397. The van der Waals surface area contributed by atoms with Gasteiger partial charge in [-0.25, -0.2) is 0 Å². The number of hydrogen-bond donors (Lipinski definition) is 1. The summed E-state index contributed by atoms with van der Waals surface area (Å²) in [5, 5.41) is 0.595. The Labute approximate surface area is 98.7 Å². The minimum Gasteiger partial charge on any atom is -0.422 e. The van der Waals surface area contributed by atoms with E-state index in [-0.39, 0.29) is 31.7 Å². The topological polar surface area (TPSA) is 52.0 Å². The van der Waals surface area contributed by atoms with E-state index >= 15 is 0 Å². The first-order chi connectivity index (χ1) is 6.52. The third kappa shape index (κ3) is 1.32. The van der Waals surface area contributed by atoms with E-state index in [0.29, 0.717) is 5.52 Å². The van der Waals surface area contributed by atoms with Crippen molar-refractivity contribution >= 4 is 63.5 Å². The maximum Gasteiger partial charge on any atom is 0.293 e. The molecule has 0 aliphatic heterocycles. The molecule has 0 radical (unpaired) electrons. The molecule has 1 aromatic carbocycles. The van der Waals surface area contributed by atoms with Gasteiger partial charge in [0.2, 0.25) is 0 Å². The quantitative estimate of drug-likeness (QED) is 0.582. The van der Waals surface area contributed by atoms with Crippen molar-refractivity contribution in [2.24, 2.45) is 0 Å². The van der Waals surface area contributed by atoms with Crippen molar-refractivity contribution in [3.8, 4) is 0 Å². The van der Waals surface area contributed by atoms with Crippen LogP contribution in [0.5, 0.6) is 0 Å². The molecule has 0 unspecified atom stereocenters. The number of anilines is 1. The second kappa shape index (κ2) is 3.35. The van der Waals surface area contributed by atoms with E-state index in [4.69, 9.17) is 56.6 Å². The number of nitrogen functional groups attached to an aromatic ring is 1. The van der Waals surface area contributed by atoms with Crippen molar-refractivity contribution in [1.29, 1.82) is 0 Å². The normalized spacial score (nSPS) is 11.1. The Balaban J connectivity index is 3.01. The maximum atomic E-state index is 5.86. The molecule has 0 atom stereocenters. The molecule has 2 aromatic rings. The molecule has 1 aromatic heterocycles. The van der Waals surface area contributed by atoms with Crippen LogP contribution in [0.3, 0.4) is 0 Å². The van der Waals surface area contributed by atoms with Crippen LogP contribution in [0.1, 0.15) is 0 Å². The minimum absolute atomic E-state index is 0.0397. The van der Waals surface area contributed by atoms with Gasteiger partial charge in [0.05, 0.1) is 15.1 Å². The molecule has 74 valence electrons. The molecular formula is C7H2Cl4N2O. The molecule has 1 heterocycles. The molecule has 7 heteroatoms. The summed E-state index contributed by atoms with van der Waals surface area (Å²) in [5.74, 6) is 0. The Morgan fingerprint density at radius 1 is 0.929 bits per heavy atom. The summed E-state index contributed by atoms with van der Waals surface area (Å²) in [7, 11) is 0. The number of nitrogens with zero attached hydrogens (tertiary/aromatic N) is 1. The Kier molecular flexibility index (Phi) is 2.43. The summed E-state index contributed by atoms with van der Waals surface area (Å²) < 4.78 is 5.02. The molecule has 0 spiro atoms. The fourth-order valence-electron chi connectivity index (χ4n) is 1.03. The van der Waals surface area contributed by atoms with Gasteiger partial charge in [-0.15, -0.1) is 0 Å². The van der Waals surface area contributed by atoms with E-state index in [1.54, 1.807) is 0 Å². The van der Waals surface area contributed by atoms with Crippen LogP contribution in [0.4, 0.5) is 6.01 Å². The van der Waals surface area contributed by atoms with Gasteiger partial charge in [-0.1, -0.05) is 46.4 Å². The zero-order chi connectivity index (χ0) is 10.5. The maximum absolute atomic E-state index is 5.86. The molecule has 0 aliphatic rings. The molecular weight excluding hydrogens is 270 g/mol. The number of nitrogens with two attached hydrogens (primary N) is 1. The summed E-state index contributed by atoms with van der Waals surface area (Å²) in [4.78, 5) is 3.83. The average Bonchev–Trinajstić information content (AvgIpc) is 2.54. The lowest BCUT2D eigenvalue weighted by molar-refractivity contribution is 0.626. The zero-order valence-electron chi connectivity index (χ0n) is 6.44. The van der Waals surface area contributed by atoms with Crippen LogP contribution in [-0.2, 0) is 0 Å². The molecule has 0 saturated carbocycles. The standard InChI is InChI=1S/C7H2Cl4N2O/c8-1-2(9)4(11)6-5(3(1)10)13-7(12)14-6/h(H2,12,13). The number of hydrogen-bond acceptors (Lipinski definition) is 3.